The fourth-order valence-electron chi connectivity index (χ4n) is 3.61. The molecule has 0 heterocycles. The minimum absolute atomic E-state index is 1.07. The highest BCUT2D eigenvalue weighted by molar-refractivity contribution is 5.35. The van der Waals surface area contributed by atoms with Crippen molar-refractivity contribution in [2.75, 3.05) is 19.6 Å². The summed E-state index contributed by atoms with van der Waals surface area (Å²) in [6.45, 7) is 21.3. The minimum atomic E-state index is 1.07. The fraction of sp³-hybridized carbons (Fsp3) is 0.586. The number of likely N-dealkylation sites (N-methyl/N-ethyl adjacent to an activating group) is 1. The molecule has 0 aliphatic rings. The van der Waals surface area contributed by atoms with E-state index in [0.717, 1.165) is 45.2 Å². The van der Waals surface area contributed by atoms with E-state index in [1.54, 1.807) is 0 Å². The molecular formula is C29H49N. The van der Waals surface area contributed by atoms with E-state index in [-0.39, 0.29) is 0 Å². The molecule has 0 N–H and O–H groups in total. The van der Waals surface area contributed by atoms with Gasteiger partial charge < -0.3 is 0 Å². The van der Waals surface area contributed by atoms with Crippen molar-refractivity contribution in [2.45, 2.75) is 93.9 Å². The molecule has 0 aromatic heterocycles. The van der Waals surface area contributed by atoms with Crippen LogP contribution in [-0.2, 0) is 0 Å². The Morgan fingerprint density at radius 2 is 1.63 bits per heavy atom. The Balaban J connectivity index is 5.37. The summed E-state index contributed by atoms with van der Waals surface area (Å²) in [5.41, 5.74) is 7.37. The standard InChI is InChI=1S/C29H49N/c1-9-14-17-26(7)28(16-11-3)19-20-29(18-15-10-2)27(8)24-25(6)21-23-30(13-5)22-12-4/h9,14-18,21H,10-13,19-20,22-24H2,1-8H3/b14-9-,18-15-,25-21+,26-17-,28-16+,29-27+. The molecule has 0 radical (unpaired) electrons. The van der Waals surface area contributed by atoms with Crippen LogP contribution in [-0.4, -0.2) is 24.5 Å². The van der Waals surface area contributed by atoms with Crippen LogP contribution in [0.5, 0.6) is 0 Å². The lowest BCUT2D eigenvalue weighted by molar-refractivity contribution is 0.319. The molecule has 0 spiro atoms. The fourth-order valence-corrected chi connectivity index (χ4v) is 3.61. The first-order valence-corrected chi connectivity index (χ1v) is 12.1. The van der Waals surface area contributed by atoms with Gasteiger partial charge in [0.1, 0.15) is 0 Å². The van der Waals surface area contributed by atoms with E-state index >= 15 is 0 Å². The molecule has 0 aliphatic heterocycles. The van der Waals surface area contributed by atoms with E-state index in [2.05, 4.69) is 103 Å². The third-order valence-electron chi connectivity index (χ3n) is 5.49. The van der Waals surface area contributed by atoms with E-state index < -0.39 is 0 Å². The van der Waals surface area contributed by atoms with Crippen molar-refractivity contribution in [1.82, 2.24) is 4.90 Å². The normalized spacial score (nSPS) is 15.0. The highest BCUT2D eigenvalue weighted by Crippen LogP contribution is 2.25. The molecule has 0 aliphatic carbocycles. The Kier molecular flexibility index (Phi) is 17.2. The maximum Gasteiger partial charge on any atom is 0.0165 e. The van der Waals surface area contributed by atoms with Crippen molar-refractivity contribution >= 4 is 0 Å². The third kappa shape index (κ3) is 12.9. The molecular weight excluding hydrogens is 362 g/mol. The van der Waals surface area contributed by atoms with Crippen molar-refractivity contribution in [3.8, 4) is 0 Å². The molecule has 170 valence electrons. The Labute approximate surface area is 189 Å². The SMILES string of the molecule is C\C=C/C=C(C)\C(=C\CC)CCC(/C=C\CC)=C(\C)C/C(C)=C/CN(CC)CCC. The Hall–Kier alpha value is -1.60. The van der Waals surface area contributed by atoms with Gasteiger partial charge in [-0.1, -0.05) is 81.4 Å². The first-order valence-electron chi connectivity index (χ1n) is 12.1. The van der Waals surface area contributed by atoms with Crippen LogP contribution < -0.4 is 0 Å². The van der Waals surface area contributed by atoms with Gasteiger partial charge in [0, 0.05) is 6.54 Å². The van der Waals surface area contributed by atoms with Crippen molar-refractivity contribution < 1.29 is 0 Å². The molecule has 0 rings (SSSR count). The summed E-state index contributed by atoms with van der Waals surface area (Å²) in [7, 11) is 0. The molecule has 0 aromatic rings. The Morgan fingerprint density at radius 3 is 2.20 bits per heavy atom. The summed E-state index contributed by atoms with van der Waals surface area (Å²) in [6, 6.07) is 0. The largest absolute Gasteiger partial charge is 0.300 e. The van der Waals surface area contributed by atoms with Crippen molar-refractivity contribution in [2.24, 2.45) is 0 Å². The first kappa shape index (κ1) is 28.4. The van der Waals surface area contributed by atoms with Crippen molar-refractivity contribution in [1.29, 1.82) is 0 Å². The lowest BCUT2D eigenvalue weighted by Crippen LogP contribution is -2.24. The molecule has 0 aromatic carbocycles. The second kappa shape index (κ2) is 18.2. The van der Waals surface area contributed by atoms with Crippen LogP contribution in [0.4, 0.5) is 0 Å². The van der Waals surface area contributed by atoms with Gasteiger partial charge in [-0.3, -0.25) is 4.90 Å². The zero-order valence-corrected chi connectivity index (χ0v) is 21.4. The van der Waals surface area contributed by atoms with E-state index in [4.69, 9.17) is 0 Å². The predicted molar refractivity (Wildman–Crippen MR) is 139 cm³/mol. The molecule has 0 amide bonds. The Bertz CT molecular complexity index is 637. The molecule has 1 heteroatoms. The summed E-state index contributed by atoms with van der Waals surface area (Å²) in [6.07, 6.45) is 22.7. The van der Waals surface area contributed by atoms with E-state index in [1.807, 2.05) is 0 Å². The lowest BCUT2D eigenvalue weighted by atomic mass is 9.93. The quantitative estimate of drug-likeness (QED) is 0.192. The average molecular weight is 412 g/mol. The van der Waals surface area contributed by atoms with Crippen LogP contribution in [0.3, 0.4) is 0 Å². The highest BCUT2D eigenvalue weighted by atomic mass is 15.1. The Morgan fingerprint density at radius 1 is 0.900 bits per heavy atom. The smallest absolute Gasteiger partial charge is 0.0165 e. The number of nitrogens with zero attached hydrogens (tertiary/aromatic N) is 1. The predicted octanol–water partition coefficient (Wildman–Crippen LogP) is 8.98. The second-order valence-corrected chi connectivity index (χ2v) is 8.25. The van der Waals surface area contributed by atoms with Crippen LogP contribution in [0.25, 0.3) is 0 Å². The zero-order chi connectivity index (χ0) is 22.8. The zero-order valence-electron chi connectivity index (χ0n) is 21.4. The van der Waals surface area contributed by atoms with Crippen LogP contribution in [0.15, 0.2) is 70.4 Å². The van der Waals surface area contributed by atoms with Crippen LogP contribution in [0.2, 0.25) is 0 Å². The molecule has 0 saturated heterocycles. The minimum Gasteiger partial charge on any atom is -0.300 e. The van der Waals surface area contributed by atoms with Crippen molar-refractivity contribution in [3.63, 3.8) is 0 Å². The molecule has 0 saturated carbocycles. The van der Waals surface area contributed by atoms with Crippen LogP contribution in [0.1, 0.15) is 93.9 Å². The van der Waals surface area contributed by atoms with Gasteiger partial charge in [-0.25, -0.2) is 0 Å². The molecule has 0 fully saturated rings. The number of hydrogen-bond acceptors (Lipinski definition) is 1. The molecule has 0 bridgehead atoms. The van der Waals surface area contributed by atoms with Gasteiger partial charge in [-0.15, -0.1) is 0 Å². The molecule has 1 nitrogen and oxygen atoms in total. The van der Waals surface area contributed by atoms with Crippen LogP contribution in [0, 0.1) is 0 Å². The van der Waals surface area contributed by atoms with Gasteiger partial charge in [0.05, 0.1) is 0 Å². The third-order valence-corrected chi connectivity index (χ3v) is 5.49. The number of hydrogen-bond donors (Lipinski definition) is 0. The van der Waals surface area contributed by atoms with Gasteiger partial charge in [0.15, 0.2) is 0 Å². The summed E-state index contributed by atoms with van der Waals surface area (Å²) >= 11 is 0. The van der Waals surface area contributed by atoms with E-state index in [0.29, 0.717) is 0 Å². The highest BCUT2D eigenvalue weighted by Gasteiger charge is 2.06. The van der Waals surface area contributed by atoms with Gasteiger partial charge in [-0.05, 0) is 96.0 Å². The van der Waals surface area contributed by atoms with Gasteiger partial charge in [0.2, 0.25) is 0 Å². The lowest BCUT2D eigenvalue weighted by Gasteiger charge is -2.18. The number of allylic oxidation sites excluding steroid dienone is 11. The molecule has 0 unspecified atom stereocenters. The summed E-state index contributed by atoms with van der Waals surface area (Å²) < 4.78 is 0. The first-order chi connectivity index (χ1) is 14.4. The molecule has 30 heavy (non-hydrogen) atoms. The summed E-state index contributed by atoms with van der Waals surface area (Å²) in [5.74, 6) is 0. The topological polar surface area (TPSA) is 3.24 Å². The average Bonchev–Trinajstić information content (AvgIpc) is 2.73. The van der Waals surface area contributed by atoms with Crippen LogP contribution >= 0.6 is 0 Å². The van der Waals surface area contributed by atoms with Gasteiger partial charge in [0.25, 0.3) is 0 Å². The second-order valence-electron chi connectivity index (χ2n) is 8.25. The van der Waals surface area contributed by atoms with Gasteiger partial charge >= 0.3 is 0 Å². The maximum absolute atomic E-state index is 2.52. The maximum atomic E-state index is 2.52. The van der Waals surface area contributed by atoms with E-state index in [1.165, 1.54) is 40.8 Å². The molecule has 0 atom stereocenters. The summed E-state index contributed by atoms with van der Waals surface area (Å²) in [5, 5.41) is 0. The monoisotopic (exact) mass is 411 g/mol. The van der Waals surface area contributed by atoms with E-state index in [9.17, 15) is 0 Å². The van der Waals surface area contributed by atoms with Crippen molar-refractivity contribution in [3.05, 3.63) is 70.4 Å². The summed E-state index contributed by atoms with van der Waals surface area (Å²) in [4.78, 5) is 2.52. The van der Waals surface area contributed by atoms with Gasteiger partial charge in [-0.2, -0.15) is 0 Å². The number of rotatable bonds is 15.